The van der Waals surface area contributed by atoms with Gasteiger partial charge in [0.1, 0.15) is 5.56 Å². The summed E-state index contributed by atoms with van der Waals surface area (Å²) in [6.07, 6.45) is 5.72. The number of hydrogen-bond donors (Lipinski definition) is 2. The summed E-state index contributed by atoms with van der Waals surface area (Å²) >= 11 is 1.71. The van der Waals surface area contributed by atoms with Gasteiger partial charge in [-0.05, 0) is 70.7 Å². The molecule has 2 aromatic heterocycles. The molecule has 2 aromatic rings. The molecule has 0 bridgehead atoms. The Morgan fingerprint density at radius 3 is 2.73 bits per heavy atom. The minimum absolute atomic E-state index is 0. The van der Waals surface area contributed by atoms with Crippen LogP contribution in [0.25, 0.3) is 0 Å². The summed E-state index contributed by atoms with van der Waals surface area (Å²) in [7, 11) is 0. The Kier molecular flexibility index (Phi) is 11.0. The largest absolute Gasteiger partial charge is 0.352 e. The predicted octanol–water partition coefficient (Wildman–Crippen LogP) is 3.44. The molecule has 0 saturated carbocycles. The lowest BCUT2D eigenvalue weighted by molar-refractivity contribution is 0.0950. The molecule has 0 spiro atoms. The number of nitrogens with one attached hydrogen (secondary N) is 2. The minimum Gasteiger partial charge on any atom is -0.352 e. The van der Waals surface area contributed by atoms with Gasteiger partial charge in [-0.1, -0.05) is 0 Å². The van der Waals surface area contributed by atoms with Crippen molar-refractivity contribution in [3.8, 4) is 0 Å². The Morgan fingerprint density at radius 2 is 2.10 bits per heavy atom. The number of thiazole rings is 1. The van der Waals surface area contributed by atoms with Gasteiger partial charge >= 0.3 is 0 Å². The lowest BCUT2D eigenvalue weighted by Crippen LogP contribution is -2.38. The van der Waals surface area contributed by atoms with Crippen LogP contribution in [0.2, 0.25) is 0 Å². The van der Waals surface area contributed by atoms with E-state index in [1.54, 1.807) is 15.9 Å². The fourth-order valence-corrected chi connectivity index (χ4v) is 4.59. The van der Waals surface area contributed by atoms with Crippen LogP contribution < -0.4 is 16.2 Å². The van der Waals surface area contributed by atoms with Crippen LogP contribution in [0, 0.1) is 26.7 Å². The first-order valence-corrected chi connectivity index (χ1v) is 10.9. The van der Waals surface area contributed by atoms with Gasteiger partial charge < -0.3 is 15.2 Å². The van der Waals surface area contributed by atoms with Crippen molar-refractivity contribution in [1.82, 2.24) is 20.2 Å². The van der Waals surface area contributed by atoms with Crippen molar-refractivity contribution in [2.75, 3.05) is 19.6 Å². The molecule has 3 heterocycles. The highest BCUT2D eigenvalue weighted by Gasteiger charge is 2.19. The summed E-state index contributed by atoms with van der Waals surface area (Å²) in [5, 5.41) is 7.39. The summed E-state index contributed by atoms with van der Waals surface area (Å²) in [6.45, 7) is 9.09. The summed E-state index contributed by atoms with van der Waals surface area (Å²) in [5.41, 5.74) is 1.89. The van der Waals surface area contributed by atoms with Gasteiger partial charge in [-0.15, -0.1) is 36.2 Å². The monoisotopic (exact) mass is 474 g/mol. The molecule has 0 aliphatic carbocycles. The van der Waals surface area contributed by atoms with Crippen molar-refractivity contribution < 1.29 is 4.79 Å². The number of aryl methyl sites for hydroxylation is 4. The number of aromatic nitrogens is 2. The quantitative estimate of drug-likeness (QED) is 0.602. The number of amides is 1. The van der Waals surface area contributed by atoms with E-state index < -0.39 is 0 Å². The van der Waals surface area contributed by atoms with E-state index in [0.29, 0.717) is 19.0 Å². The second-order valence-electron chi connectivity index (χ2n) is 7.65. The fourth-order valence-electron chi connectivity index (χ4n) is 3.62. The summed E-state index contributed by atoms with van der Waals surface area (Å²) in [4.78, 5) is 31.3. The molecule has 0 aromatic carbocycles. The molecule has 168 valence electrons. The maximum atomic E-state index is 12.9. The average molecular weight is 475 g/mol. The number of nitrogens with zero attached hydrogens (tertiary/aromatic N) is 2. The Balaban J connectivity index is 0.00000225. The topological polar surface area (TPSA) is 76.0 Å². The van der Waals surface area contributed by atoms with Gasteiger partial charge in [0.2, 0.25) is 0 Å². The number of pyridine rings is 1. The highest BCUT2D eigenvalue weighted by Crippen LogP contribution is 2.17. The molecule has 1 atom stereocenters. The number of carbonyl (C=O) groups excluding carboxylic acids is 1. The standard InChI is InChI=1S/C21H30N4O2S.2ClH/c1-14-8-11-25(13-17-6-4-9-22-12-17)21(27)19(14)20(26)23-10-5-7-18-24-15(2)16(3)28-18;;/h8,11,17,22H,4-7,9-10,12-13H2,1-3H3,(H,23,26);2*1H. The Bertz CT molecular complexity index is 872. The zero-order valence-electron chi connectivity index (χ0n) is 17.8. The second-order valence-corrected chi connectivity index (χ2v) is 8.94. The third-order valence-electron chi connectivity index (χ3n) is 5.38. The molecule has 1 fully saturated rings. The van der Waals surface area contributed by atoms with E-state index in [1.165, 1.54) is 4.88 Å². The van der Waals surface area contributed by atoms with Gasteiger partial charge in [-0.25, -0.2) is 4.98 Å². The molecule has 1 aliphatic rings. The Hall–Kier alpha value is -1.41. The molecule has 0 radical (unpaired) electrons. The molecule has 1 amide bonds. The number of halogens is 2. The zero-order valence-corrected chi connectivity index (χ0v) is 20.3. The van der Waals surface area contributed by atoms with E-state index in [1.807, 2.05) is 26.1 Å². The van der Waals surface area contributed by atoms with Crippen LogP contribution in [0.3, 0.4) is 0 Å². The number of rotatable bonds is 7. The molecule has 30 heavy (non-hydrogen) atoms. The number of piperidine rings is 1. The Labute approximate surface area is 194 Å². The van der Waals surface area contributed by atoms with Crippen molar-refractivity contribution in [2.45, 2.75) is 53.0 Å². The summed E-state index contributed by atoms with van der Waals surface area (Å²) in [5.74, 6) is 0.167. The van der Waals surface area contributed by atoms with E-state index in [-0.39, 0.29) is 41.8 Å². The normalized spacial score (nSPS) is 15.8. The Morgan fingerprint density at radius 1 is 1.33 bits per heavy atom. The van der Waals surface area contributed by atoms with E-state index >= 15 is 0 Å². The summed E-state index contributed by atoms with van der Waals surface area (Å²) in [6, 6.07) is 1.87. The van der Waals surface area contributed by atoms with E-state index in [0.717, 1.165) is 55.0 Å². The van der Waals surface area contributed by atoms with Gasteiger partial charge in [0.15, 0.2) is 0 Å². The van der Waals surface area contributed by atoms with Crippen LogP contribution in [-0.4, -0.2) is 35.1 Å². The van der Waals surface area contributed by atoms with Crippen molar-refractivity contribution in [2.24, 2.45) is 5.92 Å². The zero-order chi connectivity index (χ0) is 20.1. The molecule has 9 heteroatoms. The molecule has 1 unspecified atom stereocenters. The fraction of sp³-hybridized carbons (Fsp3) is 0.571. The van der Waals surface area contributed by atoms with Crippen LogP contribution >= 0.6 is 36.2 Å². The van der Waals surface area contributed by atoms with E-state index in [2.05, 4.69) is 22.5 Å². The van der Waals surface area contributed by atoms with E-state index in [4.69, 9.17) is 0 Å². The van der Waals surface area contributed by atoms with Crippen molar-refractivity contribution in [3.05, 3.63) is 49.3 Å². The third kappa shape index (κ3) is 6.80. The molecular weight excluding hydrogens is 443 g/mol. The molecule has 1 aliphatic heterocycles. The minimum atomic E-state index is -0.273. The number of carbonyl (C=O) groups is 1. The molecular formula is C21H32Cl2N4O2S. The highest BCUT2D eigenvalue weighted by molar-refractivity contribution is 7.11. The highest BCUT2D eigenvalue weighted by atomic mass is 35.5. The van der Waals surface area contributed by atoms with Crippen molar-refractivity contribution >= 4 is 42.1 Å². The first-order valence-electron chi connectivity index (χ1n) is 10.1. The van der Waals surface area contributed by atoms with Crippen LogP contribution in [0.5, 0.6) is 0 Å². The first kappa shape index (κ1) is 26.6. The molecule has 6 nitrogen and oxygen atoms in total. The van der Waals surface area contributed by atoms with Gasteiger partial charge in [-0.2, -0.15) is 0 Å². The smallest absolute Gasteiger partial charge is 0.263 e. The van der Waals surface area contributed by atoms with Crippen molar-refractivity contribution in [1.29, 1.82) is 0 Å². The van der Waals surface area contributed by atoms with Gasteiger partial charge in [0, 0.05) is 30.6 Å². The van der Waals surface area contributed by atoms with Crippen LogP contribution in [0.4, 0.5) is 0 Å². The van der Waals surface area contributed by atoms with Crippen LogP contribution in [0.1, 0.15) is 50.8 Å². The summed E-state index contributed by atoms with van der Waals surface area (Å²) < 4.78 is 1.70. The van der Waals surface area contributed by atoms with Crippen LogP contribution in [0.15, 0.2) is 17.1 Å². The first-order chi connectivity index (χ1) is 13.5. The SMILES string of the molecule is Cc1ccn(CC2CCCNC2)c(=O)c1C(=O)NCCCc1nc(C)c(C)s1.Cl.Cl. The maximum Gasteiger partial charge on any atom is 0.263 e. The molecule has 2 N–H and O–H groups in total. The lowest BCUT2D eigenvalue weighted by atomic mass is 9.99. The number of hydrogen-bond acceptors (Lipinski definition) is 5. The van der Waals surface area contributed by atoms with Gasteiger partial charge in [0.25, 0.3) is 11.5 Å². The van der Waals surface area contributed by atoms with E-state index in [9.17, 15) is 9.59 Å². The third-order valence-corrected chi connectivity index (χ3v) is 6.51. The predicted molar refractivity (Wildman–Crippen MR) is 128 cm³/mol. The lowest BCUT2D eigenvalue weighted by Gasteiger charge is -2.23. The van der Waals surface area contributed by atoms with Gasteiger partial charge in [0.05, 0.1) is 10.7 Å². The average Bonchev–Trinajstić information content (AvgIpc) is 3.00. The molecule has 1 saturated heterocycles. The van der Waals surface area contributed by atoms with Crippen LogP contribution in [-0.2, 0) is 13.0 Å². The van der Waals surface area contributed by atoms with Crippen molar-refractivity contribution in [3.63, 3.8) is 0 Å². The van der Waals surface area contributed by atoms with Gasteiger partial charge in [-0.3, -0.25) is 9.59 Å². The molecule has 3 rings (SSSR count). The maximum absolute atomic E-state index is 12.9. The second kappa shape index (κ2) is 12.4.